The molecule has 1 heterocycles. The Labute approximate surface area is 133 Å². The maximum Gasteiger partial charge on any atom is 0.262 e. The van der Waals surface area contributed by atoms with E-state index < -0.39 is 0 Å². The molecule has 0 aliphatic rings. The summed E-state index contributed by atoms with van der Waals surface area (Å²) in [6, 6.07) is 16.4. The minimum Gasteiger partial charge on any atom is -0.497 e. The number of rotatable bonds is 5. The first-order chi connectivity index (χ1) is 11.3. The number of hydrogen-bond donors (Lipinski definition) is 1. The first kappa shape index (κ1) is 14.8. The third-order valence-corrected chi connectivity index (χ3v) is 3.35. The molecule has 116 valence electrons. The van der Waals surface area contributed by atoms with E-state index in [1.165, 1.54) is 0 Å². The average Bonchev–Trinajstić information content (AvgIpc) is 2.61. The number of carbonyl (C=O) groups excluding carboxylic acids is 1. The second-order valence-corrected chi connectivity index (χ2v) is 4.89. The maximum atomic E-state index is 12.1. The van der Waals surface area contributed by atoms with Crippen LogP contribution in [0.5, 0.6) is 11.5 Å². The van der Waals surface area contributed by atoms with E-state index in [4.69, 9.17) is 9.47 Å². The molecule has 0 aliphatic carbocycles. The fourth-order valence-corrected chi connectivity index (χ4v) is 2.22. The van der Waals surface area contributed by atoms with Gasteiger partial charge in [0.1, 0.15) is 11.5 Å². The van der Waals surface area contributed by atoms with Crippen LogP contribution < -0.4 is 14.8 Å². The Hall–Kier alpha value is -3.08. The van der Waals surface area contributed by atoms with Gasteiger partial charge in [0.05, 0.1) is 18.3 Å². The van der Waals surface area contributed by atoms with Crippen molar-refractivity contribution in [2.75, 3.05) is 19.0 Å². The highest BCUT2D eigenvalue weighted by Crippen LogP contribution is 2.21. The number of fused-ring (bicyclic) bond motifs is 1. The van der Waals surface area contributed by atoms with E-state index in [1.54, 1.807) is 37.6 Å². The second kappa shape index (κ2) is 6.79. The number of nitrogens with one attached hydrogen (secondary N) is 1. The van der Waals surface area contributed by atoms with Crippen molar-refractivity contribution in [2.45, 2.75) is 0 Å². The monoisotopic (exact) mass is 308 g/mol. The summed E-state index contributed by atoms with van der Waals surface area (Å²) in [4.78, 5) is 16.3. The number of nitrogens with zero attached hydrogens (tertiary/aromatic N) is 1. The summed E-state index contributed by atoms with van der Waals surface area (Å²) in [5, 5.41) is 3.75. The van der Waals surface area contributed by atoms with Gasteiger partial charge in [-0.2, -0.15) is 0 Å². The molecule has 1 N–H and O–H groups in total. The lowest BCUT2D eigenvalue weighted by Gasteiger charge is -2.10. The van der Waals surface area contributed by atoms with Crippen LogP contribution in [0.15, 0.2) is 60.8 Å². The highest BCUT2D eigenvalue weighted by atomic mass is 16.5. The molecule has 0 fully saturated rings. The largest absolute Gasteiger partial charge is 0.497 e. The molecule has 3 aromatic rings. The van der Waals surface area contributed by atoms with Crippen LogP contribution in [0.2, 0.25) is 0 Å². The Morgan fingerprint density at radius 2 is 1.83 bits per heavy atom. The first-order valence-corrected chi connectivity index (χ1v) is 7.17. The second-order valence-electron chi connectivity index (χ2n) is 4.89. The normalized spacial score (nSPS) is 10.3. The van der Waals surface area contributed by atoms with Crippen LogP contribution in [0, 0.1) is 0 Å². The van der Waals surface area contributed by atoms with Crippen molar-refractivity contribution in [3.63, 3.8) is 0 Å². The van der Waals surface area contributed by atoms with Crippen molar-refractivity contribution in [3.8, 4) is 11.5 Å². The zero-order chi connectivity index (χ0) is 16.1. The molecule has 0 saturated heterocycles. The van der Waals surface area contributed by atoms with E-state index >= 15 is 0 Å². The van der Waals surface area contributed by atoms with Crippen molar-refractivity contribution in [1.29, 1.82) is 0 Å². The molecule has 2 aromatic carbocycles. The van der Waals surface area contributed by atoms with Crippen LogP contribution in [0.3, 0.4) is 0 Å². The third kappa shape index (κ3) is 3.58. The van der Waals surface area contributed by atoms with Gasteiger partial charge in [0.15, 0.2) is 6.61 Å². The smallest absolute Gasteiger partial charge is 0.262 e. The quantitative estimate of drug-likeness (QED) is 0.786. The zero-order valence-electron chi connectivity index (χ0n) is 12.7. The summed E-state index contributed by atoms with van der Waals surface area (Å²) >= 11 is 0. The fourth-order valence-electron chi connectivity index (χ4n) is 2.22. The number of aromatic nitrogens is 1. The Morgan fingerprint density at radius 1 is 1.04 bits per heavy atom. The predicted molar refractivity (Wildman–Crippen MR) is 88.9 cm³/mol. The molecule has 0 atom stereocenters. The number of ether oxygens (including phenoxy) is 2. The maximum absolute atomic E-state index is 12.1. The highest BCUT2D eigenvalue weighted by Gasteiger charge is 2.07. The van der Waals surface area contributed by atoms with E-state index in [-0.39, 0.29) is 12.5 Å². The molecule has 5 nitrogen and oxygen atoms in total. The van der Waals surface area contributed by atoms with Gasteiger partial charge < -0.3 is 14.8 Å². The van der Waals surface area contributed by atoms with Crippen LogP contribution >= 0.6 is 0 Å². The summed E-state index contributed by atoms with van der Waals surface area (Å²) in [6.07, 6.45) is 1.72. The fraction of sp³-hybridized carbons (Fsp3) is 0.111. The van der Waals surface area contributed by atoms with Crippen LogP contribution in [0.25, 0.3) is 10.9 Å². The zero-order valence-corrected chi connectivity index (χ0v) is 12.7. The van der Waals surface area contributed by atoms with Gasteiger partial charge in [-0.15, -0.1) is 0 Å². The summed E-state index contributed by atoms with van der Waals surface area (Å²) in [6.45, 7) is -0.0665. The van der Waals surface area contributed by atoms with Crippen molar-refractivity contribution >= 4 is 22.5 Å². The highest BCUT2D eigenvalue weighted by molar-refractivity contribution is 6.01. The summed E-state index contributed by atoms with van der Waals surface area (Å²) < 4.78 is 10.5. The molecule has 5 heteroatoms. The topological polar surface area (TPSA) is 60.5 Å². The van der Waals surface area contributed by atoms with E-state index in [1.807, 2.05) is 30.3 Å². The standard InChI is InChI=1S/C18H16N2O3/c1-22-13-7-9-14(10-8-13)23-12-18(21)20-17-6-2-5-16-15(17)4-3-11-19-16/h2-11H,12H2,1H3,(H,20,21). The lowest BCUT2D eigenvalue weighted by Crippen LogP contribution is -2.20. The van der Waals surface area contributed by atoms with Gasteiger partial charge >= 0.3 is 0 Å². The van der Waals surface area contributed by atoms with E-state index in [2.05, 4.69) is 10.3 Å². The van der Waals surface area contributed by atoms with Crippen molar-refractivity contribution in [1.82, 2.24) is 4.98 Å². The van der Waals surface area contributed by atoms with Gasteiger partial charge in [-0.05, 0) is 48.5 Å². The summed E-state index contributed by atoms with van der Waals surface area (Å²) in [5.74, 6) is 1.13. The minimum atomic E-state index is -0.225. The van der Waals surface area contributed by atoms with Gasteiger partial charge in [0.25, 0.3) is 5.91 Å². The van der Waals surface area contributed by atoms with E-state index in [0.717, 1.165) is 22.3 Å². The molecule has 0 unspecified atom stereocenters. The number of hydrogen-bond acceptors (Lipinski definition) is 4. The van der Waals surface area contributed by atoms with Gasteiger partial charge in [0.2, 0.25) is 0 Å². The molecule has 0 bridgehead atoms. The molecule has 1 aromatic heterocycles. The molecular formula is C18H16N2O3. The molecule has 3 rings (SSSR count). The van der Waals surface area contributed by atoms with Crippen LogP contribution in [-0.2, 0) is 4.79 Å². The number of methoxy groups -OCH3 is 1. The molecular weight excluding hydrogens is 292 g/mol. The summed E-state index contributed by atoms with van der Waals surface area (Å²) in [7, 11) is 1.60. The number of pyridine rings is 1. The predicted octanol–water partition coefficient (Wildman–Crippen LogP) is 3.26. The number of amides is 1. The van der Waals surface area contributed by atoms with Gasteiger partial charge in [0, 0.05) is 11.6 Å². The van der Waals surface area contributed by atoms with Crippen LogP contribution in [-0.4, -0.2) is 24.6 Å². The molecule has 1 amide bonds. The summed E-state index contributed by atoms with van der Waals surface area (Å²) in [5.41, 5.74) is 1.56. The van der Waals surface area contributed by atoms with Crippen molar-refractivity contribution < 1.29 is 14.3 Å². The van der Waals surface area contributed by atoms with E-state index in [9.17, 15) is 4.79 Å². The van der Waals surface area contributed by atoms with Gasteiger partial charge in [-0.25, -0.2) is 0 Å². The van der Waals surface area contributed by atoms with Gasteiger partial charge in [-0.3, -0.25) is 9.78 Å². The Morgan fingerprint density at radius 3 is 2.61 bits per heavy atom. The molecule has 0 aliphatic heterocycles. The number of carbonyl (C=O) groups is 1. The Bertz CT molecular complexity index is 811. The lowest BCUT2D eigenvalue weighted by atomic mass is 10.2. The van der Waals surface area contributed by atoms with Gasteiger partial charge in [-0.1, -0.05) is 6.07 Å². The molecule has 23 heavy (non-hydrogen) atoms. The Kier molecular flexibility index (Phi) is 4.38. The number of anilines is 1. The molecule has 0 saturated carbocycles. The molecule has 0 radical (unpaired) electrons. The van der Waals surface area contributed by atoms with E-state index in [0.29, 0.717) is 5.75 Å². The average molecular weight is 308 g/mol. The Balaban J connectivity index is 1.64. The molecule has 0 spiro atoms. The van der Waals surface area contributed by atoms with Crippen LogP contribution in [0.1, 0.15) is 0 Å². The lowest BCUT2D eigenvalue weighted by molar-refractivity contribution is -0.118. The van der Waals surface area contributed by atoms with Crippen molar-refractivity contribution in [2.24, 2.45) is 0 Å². The number of benzene rings is 2. The first-order valence-electron chi connectivity index (χ1n) is 7.17. The van der Waals surface area contributed by atoms with Crippen LogP contribution in [0.4, 0.5) is 5.69 Å². The van der Waals surface area contributed by atoms with Crippen molar-refractivity contribution in [3.05, 3.63) is 60.8 Å². The SMILES string of the molecule is COc1ccc(OCC(=O)Nc2cccc3ncccc23)cc1. The minimum absolute atomic E-state index is 0.0665. The third-order valence-electron chi connectivity index (χ3n) is 3.35.